The molecule has 0 aliphatic heterocycles. The number of hydrogen-bond acceptors (Lipinski definition) is 3. The third kappa shape index (κ3) is 6.30. The second kappa shape index (κ2) is 15.1. The van der Waals surface area contributed by atoms with Crippen molar-refractivity contribution in [2.45, 2.75) is 75.5 Å². The van der Waals surface area contributed by atoms with E-state index in [1.54, 1.807) is 0 Å². The first-order valence-corrected chi connectivity index (χ1v) is 23.1. The van der Waals surface area contributed by atoms with E-state index < -0.39 is 0 Å². The van der Waals surface area contributed by atoms with Gasteiger partial charge in [-0.15, -0.1) is 0 Å². The Kier molecular flexibility index (Phi) is 9.12. The van der Waals surface area contributed by atoms with E-state index in [-0.39, 0.29) is 5.41 Å². The van der Waals surface area contributed by atoms with Gasteiger partial charge in [0, 0.05) is 56.4 Å². The predicted octanol–water partition coefficient (Wildman–Crippen LogP) is 16.3. The summed E-state index contributed by atoms with van der Waals surface area (Å²) in [4.78, 5) is 4.84. The number of benzene rings is 7. The molecule has 5 fully saturated rings. The molecule has 4 bridgehead atoms. The maximum atomic E-state index is 6.47. The van der Waals surface area contributed by atoms with Crippen LogP contribution in [-0.4, -0.2) is 0 Å². The molecule has 1 heterocycles. The molecule has 0 radical (unpaired) electrons. The summed E-state index contributed by atoms with van der Waals surface area (Å²) in [5.41, 5.74) is 13.3. The summed E-state index contributed by atoms with van der Waals surface area (Å²) in [7, 11) is 0. The van der Waals surface area contributed by atoms with E-state index in [0.717, 1.165) is 34.1 Å². The fourth-order valence-corrected chi connectivity index (χ4v) is 13.0. The van der Waals surface area contributed by atoms with E-state index in [1.807, 2.05) is 0 Å². The highest BCUT2D eigenvalue weighted by atomic mass is 16.3. The Hall–Kier alpha value is -6.06. The van der Waals surface area contributed by atoms with E-state index in [9.17, 15) is 0 Å². The molecule has 3 heteroatoms. The first kappa shape index (κ1) is 36.8. The molecule has 61 heavy (non-hydrogen) atoms. The summed E-state index contributed by atoms with van der Waals surface area (Å²) < 4.78 is 6.47. The van der Waals surface area contributed by atoms with Gasteiger partial charge in [0.1, 0.15) is 11.2 Å². The van der Waals surface area contributed by atoms with Gasteiger partial charge >= 0.3 is 0 Å². The Morgan fingerprint density at radius 3 is 1.43 bits per heavy atom. The zero-order valence-electron chi connectivity index (χ0n) is 35.0. The number of anilines is 6. The minimum atomic E-state index is -0.00549. The lowest BCUT2D eigenvalue weighted by molar-refractivity contribution is -0.0418. The topological polar surface area (TPSA) is 19.6 Å². The Balaban J connectivity index is 0.952. The molecule has 13 rings (SSSR count). The SMILES string of the molecule is c1ccc(N(c2ccccc2)c2ccc(C3(c4ccc(N(c5ccc(C6CCCCC6)cc5)c5ccc6c(c5)oc5ccccc56)cc4)C4CC5CC(C4)CC3C5)cc2)cc1. The van der Waals surface area contributed by atoms with Crippen molar-refractivity contribution < 1.29 is 4.42 Å². The van der Waals surface area contributed by atoms with Crippen molar-refractivity contribution in [3.63, 3.8) is 0 Å². The van der Waals surface area contributed by atoms with Crippen LogP contribution >= 0.6 is 0 Å². The Morgan fingerprint density at radius 2 is 0.852 bits per heavy atom. The van der Waals surface area contributed by atoms with Crippen LogP contribution in [0.25, 0.3) is 21.9 Å². The third-order valence-corrected chi connectivity index (χ3v) is 15.5. The van der Waals surface area contributed by atoms with Crippen molar-refractivity contribution in [3.05, 3.63) is 193 Å². The van der Waals surface area contributed by atoms with Gasteiger partial charge in [-0.1, -0.05) is 110 Å². The number of nitrogens with zero attached hydrogens (tertiary/aromatic N) is 2. The van der Waals surface area contributed by atoms with Crippen LogP contribution in [0.4, 0.5) is 34.1 Å². The van der Waals surface area contributed by atoms with E-state index in [4.69, 9.17) is 4.42 Å². The lowest BCUT2D eigenvalue weighted by Gasteiger charge is -2.62. The largest absolute Gasteiger partial charge is 0.456 e. The molecule has 7 aromatic carbocycles. The predicted molar refractivity (Wildman–Crippen MR) is 253 cm³/mol. The molecule has 3 nitrogen and oxygen atoms in total. The lowest BCUT2D eigenvalue weighted by Crippen LogP contribution is -2.56. The molecule has 5 saturated carbocycles. The second-order valence-electron chi connectivity index (χ2n) is 18.8. The van der Waals surface area contributed by atoms with Crippen LogP contribution in [0.1, 0.15) is 86.8 Å². The Bertz CT molecular complexity index is 2710. The average Bonchev–Trinajstić information content (AvgIpc) is 3.69. The van der Waals surface area contributed by atoms with Crippen LogP contribution in [0.5, 0.6) is 0 Å². The summed E-state index contributed by atoms with van der Waals surface area (Å²) in [5.74, 6) is 3.73. The number of hydrogen-bond donors (Lipinski definition) is 0. The molecule has 1 aromatic heterocycles. The van der Waals surface area contributed by atoms with Gasteiger partial charge in [-0.05, 0) is 170 Å². The van der Waals surface area contributed by atoms with Gasteiger partial charge in [0.15, 0.2) is 0 Å². The lowest BCUT2D eigenvalue weighted by atomic mass is 9.42. The van der Waals surface area contributed by atoms with E-state index in [0.29, 0.717) is 17.8 Å². The zero-order chi connectivity index (χ0) is 40.3. The first-order chi connectivity index (χ1) is 30.2. The fraction of sp³-hybridized carbons (Fsp3) is 0.276. The maximum absolute atomic E-state index is 6.47. The van der Waals surface area contributed by atoms with Crippen LogP contribution in [0.3, 0.4) is 0 Å². The van der Waals surface area contributed by atoms with Crippen molar-refractivity contribution >= 4 is 56.1 Å². The molecule has 0 N–H and O–H groups in total. The molecule has 302 valence electrons. The van der Waals surface area contributed by atoms with Crippen molar-refractivity contribution in [2.75, 3.05) is 9.80 Å². The minimum Gasteiger partial charge on any atom is -0.456 e. The zero-order valence-corrected chi connectivity index (χ0v) is 35.0. The summed E-state index contributed by atoms with van der Waals surface area (Å²) >= 11 is 0. The summed E-state index contributed by atoms with van der Waals surface area (Å²) in [5, 5.41) is 2.33. The molecule has 8 aromatic rings. The van der Waals surface area contributed by atoms with Crippen molar-refractivity contribution in [2.24, 2.45) is 23.7 Å². The Labute approximate surface area is 360 Å². The Morgan fingerprint density at radius 1 is 0.393 bits per heavy atom. The molecule has 0 saturated heterocycles. The number of fused-ring (bicyclic) bond motifs is 3. The molecule has 5 aliphatic carbocycles. The third-order valence-electron chi connectivity index (χ3n) is 15.5. The standard InChI is InChI=1S/C58H54N2O/c1-4-12-42(13-5-1)43-20-26-50(27-21-43)60(53-32-33-55-54-18-10-11-19-56(54)61-57(55)39-53)52-30-24-45(25-31-52)58(46-35-40-34-41(37-46)38-47(58)36-40)44-22-28-51(29-23-44)59(48-14-6-2-7-15-48)49-16-8-3-9-17-49/h2-3,6-11,14-33,39-42,46-47H,1,4-5,12-13,34-38H2. The minimum absolute atomic E-state index is 0.00549. The maximum Gasteiger partial charge on any atom is 0.137 e. The average molecular weight is 795 g/mol. The van der Waals surface area contributed by atoms with E-state index >= 15 is 0 Å². The van der Waals surface area contributed by atoms with E-state index in [2.05, 4.69) is 186 Å². The van der Waals surface area contributed by atoms with Gasteiger partial charge in [-0.2, -0.15) is 0 Å². The normalized spacial score (nSPS) is 23.4. The van der Waals surface area contributed by atoms with Crippen LogP contribution in [0, 0.1) is 23.7 Å². The first-order valence-electron chi connectivity index (χ1n) is 23.1. The summed E-state index contributed by atoms with van der Waals surface area (Å²) in [6.45, 7) is 0. The smallest absolute Gasteiger partial charge is 0.137 e. The second-order valence-corrected chi connectivity index (χ2v) is 18.8. The van der Waals surface area contributed by atoms with Crippen LogP contribution < -0.4 is 9.80 Å². The summed E-state index contributed by atoms with van der Waals surface area (Å²) in [6.07, 6.45) is 13.5. The van der Waals surface area contributed by atoms with Crippen molar-refractivity contribution in [3.8, 4) is 0 Å². The van der Waals surface area contributed by atoms with Gasteiger partial charge in [0.05, 0.1) is 0 Å². The number of para-hydroxylation sites is 3. The van der Waals surface area contributed by atoms with Crippen molar-refractivity contribution in [1.82, 2.24) is 0 Å². The van der Waals surface area contributed by atoms with E-state index in [1.165, 1.54) is 115 Å². The fourth-order valence-electron chi connectivity index (χ4n) is 13.0. The molecule has 0 atom stereocenters. The van der Waals surface area contributed by atoms with Gasteiger partial charge < -0.3 is 14.2 Å². The van der Waals surface area contributed by atoms with Gasteiger partial charge in [0.2, 0.25) is 0 Å². The monoisotopic (exact) mass is 794 g/mol. The highest BCUT2D eigenvalue weighted by Crippen LogP contribution is 2.65. The van der Waals surface area contributed by atoms with Gasteiger partial charge in [0.25, 0.3) is 0 Å². The molecule has 5 aliphatic rings. The molecular weight excluding hydrogens is 741 g/mol. The molecule has 0 spiro atoms. The molecule has 0 amide bonds. The quantitative estimate of drug-likeness (QED) is 0.145. The van der Waals surface area contributed by atoms with Crippen LogP contribution in [0.2, 0.25) is 0 Å². The van der Waals surface area contributed by atoms with Crippen LogP contribution in [0.15, 0.2) is 180 Å². The van der Waals surface area contributed by atoms with Gasteiger partial charge in [-0.25, -0.2) is 0 Å². The molecular formula is C58H54N2O. The summed E-state index contributed by atoms with van der Waals surface area (Å²) in [6, 6.07) is 65.9. The highest BCUT2D eigenvalue weighted by Gasteiger charge is 2.58. The highest BCUT2D eigenvalue weighted by molar-refractivity contribution is 6.06. The van der Waals surface area contributed by atoms with Crippen LogP contribution in [-0.2, 0) is 5.41 Å². The van der Waals surface area contributed by atoms with Gasteiger partial charge in [-0.3, -0.25) is 0 Å². The molecule has 0 unspecified atom stereocenters. The van der Waals surface area contributed by atoms with Crippen molar-refractivity contribution in [1.29, 1.82) is 0 Å². The number of furan rings is 1. The number of rotatable bonds is 9.